The molecule has 19 heavy (non-hydrogen) atoms. The number of rotatable bonds is 7. The lowest BCUT2D eigenvalue weighted by atomic mass is 9.88. The summed E-state index contributed by atoms with van der Waals surface area (Å²) in [5.41, 5.74) is 0. The quantitative estimate of drug-likeness (QED) is 0.740. The van der Waals surface area contributed by atoms with E-state index in [0.717, 1.165) is 6.42 Å². The minimum absolute atomic E-state index is 0.00162. The number of hydrogen-bond acceptors (Lipinski definition) is 3. The molecular weight excluding hydrogens is 266 g/mol. The van der Waals surface area contributed by atoms with Crippen molar-refractivity contribution in [2.24, 2.45) is 5.92 Å². The summed E-state index contributed by atoms with van der Waals surface area (Å²) in [5.74, 6) is -0.352. The van der Waals surface area contributed by atoms with Crippen LogP contribution in [-0.4, -0.2) is 38.7 Å². The number of nitrogens with one attached hydrogen (secondary N) is 1. The highest BCUT2D eigenvalue weighted by Gasteiger charge is 2.22. The number of carboxylic acid groups (broad SMARTS) is 1. The molecule has 6 heteroatoms. The molecule has 0 aromatic heterocycles. The van der Waals surface area contributed by atoms with Gasteiger partial charge in [0.25, 0.3) is 0 Å². The van der Waals surface area contributed by atoms with E-state index in [-0.39, 0.29) is 5.75 Å². The molecule has 1 amide bonds. The summed E-state index contributed by atoms with van der Waals surface area (Å²) in [7, 11) is -1.18. The highest BCUT2D eigenvalue weighted by molar-refractivity contribution is 7.85. The molecule has 0 aliphatic heterocycles. The summed E-state index contributed by atoms with van der Waals surface area (Å²) in [4.78, 5) is 21.8. The van der Waals surface area contributed by atoms with E-state index < -0.39 is 28.7 Å². The average molecular weight is 289 g/mol. The van der Waals surface area contributed by atoms with Gasteiger partial charge in [-0.3, -0.25) is 9.00 Å². The molecule has 1 rings (SSSR count). The minimum atomic E-state index is -1.18. The highest BCUT2D eigenvalue weighted by Crippen LogP contribution is 2.26. The van der Waals surface area contributed by atoms with Crippen molar-refractivity contribution in [1.29, 1.82) is 0 Å². The fraction of sp³-hybridized carbons (Fsp3) is 0.846. The monoisotopic (exact) mass is 289 g/mol. The van der Waals surface area contributed by atoms with Crippen LogP contribution in [0.15, 0.2) is 0 Å². The maximum absolute atomic E-state index is 11.9. The van der Waals surface area contributed by atoms with E-state index in [1.54, 1.807) is 0 Å². The van der Waals surface area contributed by atoms with Crippen molar-refractivity contribution in [1.82, 2.24) is 5.32 Å². The van der Waals surface area contributed by atoms with Gasteiger partial charge in [-0.25, -0.2) is 4.79 Å². The Morgan fingerprint density at radius 3 is 2.47 bits per heavy atom. The molecule has 1 unspecified atom stereocenters. The van der Waals surface area contributed by atoms with Gasteiger partial charge in [0, 0.05) is 23.5 Å². The predicted molar refractivity (Wildman–Crippen MR) is 74.3 cm³/mol. The van der Waals surface area contributed by atoms with Crippen LogP contribution in [0.3, 0.4) is 0 Å². The molecule has 1 fully saturated rings. The maximum Gasteiger partial charge on any atom is 0.327 e. The second kappa shape index (κ2) is 8.30. The first-order chi connectivity index (χ1) is 8.99. The fourth-order valence-corrected chi connectivity index (χ4v) is 3.82. The Morgan fingerprint density at radius 2 is 1.95 bits per heavy atom. The van der Waals surface area contributed by atoms with Gasteiger partial charge in [0.05, 0.1) is 5.75 Å². The number of carbonyl (C=O) groups is 2. The third-order valence-electron chi connectivity index (χ3n) is 3.51. The first-order valence-electron chi connectivity index (χ1n) is 6.84. The van der Waals surface area contributed by atoms with Gasteiger partial charge in [-0.1, -0.05) is 32.1 Å². The van der Waals surface area contributed by atoms with Crippen LogP contribution >= 0.6 is 0 Å². The lowest BCUT2D eigenvalue weighted by molar-refractivity contribution is -0.140. The van der Waals surface area contributed by atoms with E-state index in [0.29, 0.717) is 11.7 Å². The summed E-state index contributed by atoms with van der Waals surface area (Å²) in [5, 5.41) is 11.3. The van der Waals surface area contributed by atoms with Gasteiger partial charge in [-0.15, -0.1) is 0 Å². The van der Waals surface area contributed by atoms with Gasteiger partial charge in [-0.2, -0.15) is 0 Å². The zero-order chi connectivity index (χ0) is 14.3. The van der Waals surface area contributed by atoms with E-state index in [1.165, 1.54) is 39.0 Å². The number of amides is 1. The van der Waals surface area contributed by atoms with Gasteiger partial charge in [0.1, 0.15) is 6.04 Å². The summed E-state index contributed by atoms with van der Waals surface area (Å²) in [6, 6.07) is -1.04. The van der Waals surface area contributed by atoms with Crippen LogP contribution in [0.5, 0.6) is 0 Å². The molecule has 1 aliphatic rings. The van der Waals surface area contributed by atoms with Gasteiger partial charge in [0.2, 0.25) is 5.91 Å². The SMILES string of the molecule is CC(=O)N[C@@H](CS(=O)CCC1CCCCC1)C(=O)O. The Labute approximate surface area is 116 Å². The number of carboxylic acids is 1. The largest absolute Gasteiger partial charge is 0.480 e. The van der Waals surface area contributed by atoms with Gasteiger partial charge < -0.3 is 10.4 Å². The Morgan fingerprint density at radius 1 is 1.32 bits per heavy atom. The molecule has 0 bridgehead atoms. The minimum Gasteiger partial charge on any atom is -0.480 e. The summed E-state index contributed by atoms with van der Waals surface area (Å²) >= 11 is 0. The van der Waals surface area contributed by atoms with Crippen molar-refractivity contribution in [2.75, 3.05) is 11.5 Å². The van der Waals surface area contributed by atoms with Crippen molar-refractivity contribution in [2.45, 2.75) is 51.5 Å². The van der Waals surface area contributed by atoms with Crippen molar-refractivity contribution in [3.63, 3.8) is 0 Å². The molecule has 2 atom stereocenters. The standard InChI is InChI=1S/C13H23NO4S/c1-10(15)14-12(13(16)17)9-19(18)8-7-11-5-3-2-4-6-11/h11-12H,2-9H2,1H3,(H,14,15)(H,16,17)/t12-,19?/m0/s1. The molecule has 0 aromatic rings. The topological polar surface area (TPSA) is 83.5 Å². The van der Waals surface area contributed by atoms with Crippen molar-refractivity contribution < 1.29 is 18.9 Å². The number of aliphatic carboxylic acids is 1. The summed E-state index contributed by atoms with van der Waals surface area (Å²) in [6.07, 6.45) is 7.10. The van der Waals surface area contributed by atoms with Crippen molar-refractivity contribution in [3.8, 4) is 0 Å². The second-order valence-corrected chi connectivity index (χ2v) is 6.82. The zero-order valence-electron chi connectivity index (χ0n) is 11.4. The first kappa shape index (κ1) is 16.1. The molecule has 1 aliphatic carbocycles. The zero-order valence-corrected chi connectivity index (χ0v) is 12.2. The third kappa shape index (κ3) is 6.71. The molecule has 110 valence electrons. The number of carbonyl (C=O) groups excluding carboxylic acids is 1. The normalized spacial score (nSPS) is 19.6. The lowest BCUT2D eigenvalue weighted by Gasteiger charge is -2.21. The highest BCUT2D eigenvalue weighted by atomic mass is 32.2. The van der Waals surface area contributed by atoms with E-state index in [4.69, 9.17) is 5.11 Å². The fourth-order valence-electron chi connectivity index (χ4n) is 2.46. The predicted octanol–water partition coefficient (Wildman–Crippen LogP) is 1.29. The Kier molecular flexibility index (Phi) is 7.05. The molecule has 0 aromatic carbocycles. The molecule has 0 spiro atoms. The van der Waals surface area contributed by atoms with Crippen LogP contribution in [0.1, 0.15) is 45.4 Å². The van der Waals surface area contributed by atoms with E-state index >= 15 is 0 Å². The third-order valence-corrected chi connectivity index (χ3v) is 4.90. The molecule has 5 nitrogen and oxygen atoms in total. The van der Waals surface area contributed by atoms with Crippen LogP contribution in [0.25, 0.3) is 0 Å². The second-order valence-electron chi connectivity index (χ2n) is 5.19. The van der Waals surface area contributed by atoms with E-state index in [2.05, 4.69) is 5.32 Å². The molecule has 0 heterocycles. The van der Waals surface area contributed by atoms with Crippen LogP contribution in [0.4, 0.5) is 0 Å². The van der Waals surface area contributed by atoms with Crippen molar-refractivity contribution >= 4 is 22.7 Å². The first-order valence-corrected chi connectivity index (χ1v) is 8.32. The molecule has 0 saturated heterocycles. The Hall–Kier alpha value is -0.910. The molecule has 1 saturated carbocycles. The van der Waals surface area contributed by atoms with Crippen LogP contribution in [0, 0.1) is 5.92 Å². The molecule has 2 N–H and O–H groups in total. The Bertz CT molecular complexity index is 340. The summed E-state index contributed by atoms with van der Waals surface area (Å²) in [6.45, 7) is 1.26. The van der Waals surface area contributed by atoms with E-state index in [1.807, 2.05) is 0 Å². The van der Waals surface area contributed by atoms with Crippen molar-refractivity contribution in [3.05, 3.63) is 0 Å². The Balaban J connectivity index is 2.31. The number of hydrogen-bond donors (Lipinski definition) is 2. The lowest BCUT2D eigenvalue weighted by Crippen LogP contribution is -2.43. The molecule has 0 radical (unpaired) electrons. The maximum atomic E-state index is 11.9. The van der Waals surface area contributed by atoms with Gasteiger partial charge in [0.15, 0.2) is 0 Å². The van der Waals surface area contributed by atoms with Gasteiger partial charge in [-0.05, 0) is 12.3 Å². The smallest absolute Gasteiger partial charge is 0.327 e. The van der Waals surface area contributed by atoms with Crippen LogP contribution in [0.2, 0.25) is 0 Å². The van der Waals surface area contributed by atoms with Crippen LogP contribution < -0.4 is 5.32 Å². The molecular formula is C13H23NO4S. The van der Waals surface area contributed by atoms with Gasteiger partial charge >= 0.3 is 5.97 Å². The average Bonchev–Trinajstić information content (AvgIpc) is 2.36. The van der Waals surface area contributed by atoms with Crippen LogP contribution in [-0.2, 0) is 20.4 Å². The van der Waals surface area contributed by atoms with E-state index in [9.17, 15) is 13.8 Å². The summed E-state index contributed by atoms with van der Waals surface area (Å²) < 4.78 is 11.9.